The molecule has 0 atom stereocenters. The zero-order chi connectivity index (χ0) is 20.1. The van der Waals surface area contributed by atoms with Crippen LogP contribution in [0.25, 0.3) is 16.7 Å². The molecule has 0 saturated carbocycles. The van der Waals surface area contributed by atoms with Gasteiger partial charge in [-0.2, -0.15) is 0 Å². The number of fused-ring (bicyclic) bond motifs is 3. The minimum Gasteiger partial charge on any atom is -0.404 e. The number of rotatable bonds is 3. The molecule has 0 radical (unpaired) electrons. The quantitative estimate of drug-likeness (QED) is 0.406. The number of imidazole rings is 1. The molecular weight excluding hydrogens is 423 g/mol. The van der Waals surface area contributed by atoms with Crippen molar-refractivity contribution >= 4 is 51.4 Å². The molecule has 4 rings (SSSR count). The number of hydrogen-bond donors (Lipinski definition) is 1. The van der Waals surface area contributed by atoms with Crippen LogP contribution in [0, 0.1) is 5.82 Å². The third-order valence-corrected chi connectivity index (χ3v) is 4.27. The van der Waals surface area contributed by atoms with Gasteiger partial charge in [0.05, 0.1) is 10.5 Å². The summed E-state index contributed by atoms with van der Waals surface area (Å²) < 4.78 is 56.7. The van der Waals surface area contributed by atoms with Crippen LogP contribution in [0.5, 0.6) is 5.75 Å². The largest absolute Gasteiger partial charge is 0.573 e. The number of benzene rings is 2. The highest BCUT2D eigenvalue weighted by atomic mass is 35.5. The first-order valence-electron chi connectivity index (χ1n) is 7.65. The zero-order valence-corrected chi connectivity index (χ0v) is 15.1. The van der Waals surface area contributed by atoms with Crippen molar-refractivity contribution in [3.63, 3.8) is 0 Å². The van der Waals surface area contributed by atoms with Crippen molar-refractivity contribution in [2.45, 2.75) is 6.36 Å². The number of aromatic nitrogens is 3. The first kappa shape index (κ1) is 18.6. The highest BCUT2D eigenvalue weighted by Crippen LogP contribution is 2.34. The minimum absolute atomic E-state index is 0.166. The first-order valence-corrected chi connectivity index (χ1v) is 8.41. The van der Waals surface area contributed by atoms with E-state index in [-0.39, 0.29) is 26.9 Å². The fourth-order valence-corrected chi connectivity index (χ4v) is 3.13. The predicted octanol–water partition coefficient (Wildman–Crippen LogP) is 5.97. The Hall–Kier alpha value is -2.78. The summed E-state index contributed by atoms with van der Waals surface area (Å²) in [7, 11) is 0. The van der Waals surface area contributed by atoms with Crippen LogP contribution < -0.4 is 10.1 Å². The lowest BCUT2D eigenvalue weighted by Crippen LogP contribution is -2.17. The van der Waals surface area contributed by atoms with Crippen molar-refractivity contribution in [3.8, 4) is 5.75 Å². The van der Waals surface area contributed by atoms with Crippen molar-refractivity contribution in [1.82, 2.24) is 14.4 Å². The Balaban J connectivity index is 1.77. The minimum atomic E-state index is -4.86. The van der Waals surface area contributed by atoms with E-state index in [2.05, 4.69) is 20.0 Å². The Morgan fingerprint density at radius 2 is 1.89 bits per heavy atom. The molecule has 2 heterocycles. The van der Waals surface area contributed by atoms with Crippen LogP contribution in [0.4, 0.5) is 29.1 Å². The predicted molar refractivity (Wildman–Crippen MR) is 96.9 cm³/mol. The van der Waals surface area contributed by atoms with Gasteiger partial charge in [-0.15, -0.1) is 13.2 Å². The van der Waals surface area contributed by atoms with Crippen molar-refractivity contribution in [2.24, 2.45) is 0 Å². The maximum atomic E-state index is 14.3. The first-order chi connectivity index (χ1) is 13.2. The molecule has 4 aromatic rings. The third-order valence-electron chi connectivity index (χ3n) is 3.75. The molecule has 11 heteroatoms. The molecule has 144 valence electrons. The van der Waals surface area contributed by atoms with Crippen LogP contribution in [0.3, 0.4) is 0 Å². The van der Waals surface area contributed by atoms with Gasteiger partial charge in [0.2, 0.25) is 0 Å². The van der Waals surface area contributed by atoms with Crippen molar-refractivity contribution in [3.05, 3.63) is 58.6 Å². The molecule has 0 aliphatic carbocycles. The van der Waals surface area contributed by atoms with Crippen LogP contribution in [0.15, 0.2) is 42.7 Å². The number of hydrogen-bond acceptors (Lipinski definition) is 4. The van der Waals surface area contributed by atoms with Gasteiger partial charge < -0.3 is 10.1 Å². The second-order valence-corrected chi connectivity index (χ2v) is 6.50. The number of nitrogens with one attached hydrogen (secondary N) is 1. The van der Waals surface area contributed by atoms with Crippen LogP contribution in [0.2, 0.25) is 10.0 Å². The van der Waals surface area contributed by atoms with Crippen LogP contribution in [-0.4, -0.2) is 20.7 Å². The molecular formula is C17H8Cl2F4N4O. The maximum absolute atomic E-state index is 14.3. The summed E-state index contributed by atoms with van der Waals surface area (Å²) in [5.74, 6) is -0.869. The Morgan fingerprint density at radius 3 is 2.61 bits per heavy atom. The standard InChI is InChI=1S/C17H8Cl2F4N4O/c18-8-5-11(20)14-12(6-8)26-15(16-24-3-4-27(14)16)25-9-1-2-13(10(19)7-9)28-17(21,22)23/h1-7H,(H,25,26). The molecule has 0 amide bonds. The van der Waals surface area contributed by atoms with Crippen molar-refractivity contribution < 1.29 is 22.3 Å². The fraction of sp³-hybridized carbons (Fsp3) is 0.0588. The van der Waals surface area contributed by atoms with Crippen LogP contribution >= 0.6 is 23.2 Å². The maximum Gasteiger partial charge on any atom is 0.573 e. The summed E-state index contributed by atoms with van der Waals surface area (Å²) in [4.78, 5) is 8.48. The van der Waals surface area contributed by atoms with Crippen molar-refractivity contribution in [2.75, 3.05) is 5.32 Å². The van der Waals surface area contributed by atoms with Gasteiger partial charge in [-0.1, -0.05) is 23.2 Å². The average Bonchev–Trinajstić information content (AvgIpc) is 3.05. The van der Waals surface area contributed by atoms with Gasteiger partial charge in [0.25, 0.3) is 0 Å². The molecule has 0 aliphatic heterocycles. The van der Waals surface area contributed by atoms with Gasteiger partial charge in [-0.05, 0) is 30.3 Å². The summed E-state index contributed by atoms with van der Waals surface area (Å²) in [6.45, 7) is 0. The number of anilines is 2. The molecule has 0 aliphatic rings. The van der Waals surface area contributed by atoms with Gasteiger partial charge in [0.1, 0.15) is 11.3 Å². The van der Waals surface area contributed by atoms with E-state index < -0.39 is 17.9 Å². The molecule has 1 N–H and O–H groups in total. The molecule has 5 nitrogen and oxygen atoms in total. The second kappa shape index (κ2) is 6.68. The monoisotopic (exact) mass is 430 g/mol. The lowest BCUT2D eigenvalue weighted by molar-refractivity contribution is -0.274. The van der Waals surface area contributed by atoms with E-state index in [1.165, 1.54) is 28.8 Å². The van der Waals surface area contributed by atoms with E-state index >= 15 is 0 Å². The Labute approximate surface area is 164 Å². The van der Waals surface area contributed by atoms with Crippen LogP contribution in [-0.2, 0) is 0 Å². The molecule has 0 saturated heterocycles. The summed E-state index contributed by atoms with van der Waals surface area (Å²) in [6.07, 6.45) is -1.85. The van der Waals surface area contributed by atoms with Gasteiger partial charge in [0, 0.05) is 23.1 Å². The number of halogens is 6. The summed E-state index contributed by atoms with van der Waals surface area (Å²) in [5, 5.41) is 2.83. The molecule has 0 fully saturated rings. The summed E-state index contributed by atoms with van der Waals surface area (Å²) in [5.41, 5.74) is 1.09. The third kappa shape index (κ3) is 3.50. The highest BCUT2D eigenvalue weighted by molar-refractivity contribution is 6.32. The molecule has 2 aromatic carbocycles. The van der Waals surface area contributed by atoms with E-state index in [0.717, 1.165) is 12.1 Å². The highest BCUT2D eigenvalue weighted by Gasteiger charge is 2.32. The number of ether oxygens (including phenoxy) is 1. The Kier molecular flexibility index (Phi) is 4.43. The van der Waals surface area contributed by atoms with Gasteiger partial charge in [-0.3, -0.25) is 4.40 Å². The number of nitrogens with zero attached hydrogens (tertiary/aromatic N) is 3. The normalized spacial score (nSPS) is 11.9. The Bertz CT molecular complexity index is 1210. The summed E-state index contributed by atoms with van der Waals surface area (Å²) >= 11 is 11.8. The molecule has 0 unspecified atom stereocenters. The number of alkyl halides is 3. The van der Waals surface area contributed by atoms with E-state index in [1.54, 1.807) is 6.20 Å². The summed E-state index contributed by atoms with van der Waals surface area (Å²) in [6, 6.07) is 6.29. The lowest BCUT2D eigenvalue weighted by Gasteiger charge is -2.13. The van der Waals surface area contributed by atoms with Crippen molar-refractivity contribution in [1.29, 1.82) is 0 Å². The molecule has 2 aromatic heterocycles. The second-order valence-electron chi connectivity index (χ2n) is 5.65. The zero-order valence-electron chi connectivity index (χ0n) is 13.6. The van der Waals surface area contributed by atoms with Gasteiger partial charge in [-0.25, -0.2) is 14.4 Å². The molecule has 28 heavy (non-hydrogen) atoms. The SMILES string of the molecule is Fc1cc(Cl)cc2nc(Nc3ccc(OC(F)(F)F)c(Cl)c3)c3nccn3c12. The topological polar surface area (TPSA) is 51.5 Å². The Morgan fingerprint density at radius 1 is 1.11 bits per heavy atom. The lowest BCUT2D eigenvalue weighted by atomic mass is 10.2. The van der Waals surface area contributed by atoms with Gasteiger partial charge in [0.15, 0.2) is 17.3 Å². The van der Waals surface area contributed by atoms with Gasteiger partial charge >= 0.3 is 6.36 Å². The van der Waals surface area contributed by atoms with E-state index in [9.17, 15) is 17.6 Å². The van der Waals surface area contributed by atoms with E-state index in [1.807, 2.05) is 0 Å². The van der Waals surface area contributed by atoms with E-state index in [0.29, 0.717) is 11.3 Å². The molecule has 0 spiro atoms. The van der Waals surface area contributed by atoms with E-state index in [4.69, 9.17) is 23.2 Å². The van der Waals surface area contributed by atoms with Crippen LogP contribution in [0.1, 0.15) is 0 Å². The fourth-order valence-electron chi connectivity index (χ4n) is 2.71. The smallest absolute Gasteiger partial charge is 0.404 e. The average molecular weight is 431 g/mol. The molecule has 0 bridgehead atoms.